The fraction of sp³-hybridized carbons (Fsp3) is 0.316. The van der Waals surface area contributed by atoms with Gasteiger partial charge in [-0.25, -0.2) is 4.99 Å². The van der Waals surface area contributed by atoms with Crippen LogP contribution >= 0.6 is 0 Å². The van der Waals surface area contributed by atoms with Gasteiger partial charge in [0.15, 0.2) is 23.5 Å². The van der Waals surface area contributed by atoms with Gasteiger partial charge in [0.05, 0.1) is 20.5 Å². The van der Waals surface area contributed by atoms with Crippen molar-refractivity contribution in [2.75, 3.05) is 40.4 Å². The highest BCUT2D eigenvalue weighted by Gasteiger charge is 2.25. The van der Waals surface area contributed by atoms with Gasteiger partial charge in [-0.2, -0.15) is 5.26 Å². The Hall–Kier alpha value is -3.67. The van der Waals surface area contributed by atoms with Crippen molar-refractivity contribution in [1.82, 2.24) is 15.1 Å². The summed E-state index contributed by atoms with van der Waals surface area (Å²) in [6, 6.07) is 8.68. The van der Waals surface area contributed by atoms with E-state index in [2.05, 4.69) is 10.3 Å². The van der Waals surface area contributed by atoms with Crippen LogP contribution in [0.4, 0.5) is 5.69 Å². The van der Waals surface area contributed by atoms with Crippen molar-refractivity contribution in [3.63, 3.8) is 0 Å². The molecule has 1 aromatic heterocycles. The van der Waals surface area contributed by atoms with Gasteiger partial charge in [-0.3, -0.25) is 10.1 Å². The molecular weight excluding hydrogens is 362 g/mol. The Morgan fingerprint density at radius 2 is 1.89 bits per heavy atom. The summed E-state index contributed by atoms with van der Waals surface area (Å²) in [5.74, 6) is 1.59. The van der Waals surface area contributed by atoms with Crippen LogP contribution in [0.1, 0.15) is 10.6 Å². The first kappa shape index (κ1) is 19.1. The average molecular weight is 383 g/mol. The van der Waals surface area contributed by atoms with Crippen LogP contribution in [-0.2, 0) is 0 Å². The number of guanidine groups is 1. The van der Waals surface area contributed by atoms with Crippen LogP contribution in [0.2, 0.25) is 0 Å². The van der Waals surface area contributed by atoms with Crippen molar-refractivity contribution < 1.29 is 18.7 Å². The van der Waals surface area contributed by atoms with Crippen molar-refractivity contribution in [3.05, 3.63) is 42.4 Å². The van der Waals surface area contributed by atoms with E-state index in [0.717, 1.165) is 0 Å². The minimum atomic E-state index is -0.147. The molecule has 1 fully saturated rings. The van der Waals surface area contributed by atoms with E-state index in [4.69, 9.17) is 19.2 Å². The number of nitrogens with one attached hydrogen (secondary N) is 1. The number of nitrogens with zero attached hydrogens (tertiary/aromatic N) is 4. The second kappa shape index (κ2) is 8.81. The van der Waals surface area contributed by atoms with E-state index in [1.165, 1.54) is 13.4 Å². The minimum Gasteiger partial charge on any atom is -0.493 e. The zero-order chi connectivity index (χ0) is 19.9. The van der Waals surface area contributed by atoms with Crippen molar-refractivity contribution in [3.8, 4) is 17.7 Å². The molecule has 1 N–H and O–H groups in total. The number of rotatable bonds is 4. The number of para-hydroxylation sites is 1. The Kier molecular flexibility index (Phi) is 6.01. The van der Waals surface area contributed by atoms with Crippen LogP contribution in [0.15, 0.2) is 46.0 Å². The fourth-order valence-electron chi connectivity index (χ4n) is 2.98. The zero-order valence-corrected chi connectivity index (χ0v) is 15.7. The van der Waals surface area contributed by atoms with Gasteiger partial charge in [-0.15, -0.1) is 0 Å². The Labute approximate surface area is 162 Å². The van der Waals surface area contributed by atoms with Crippen molar-refractivity contribution in [2.45, 2.75) is 0 Å². The van der Waals surface area contributed by atoms with Gasteiger partial charge in [0.25, 0.3) is 5.91 Å². The molecule has 0 atom stereocenters. The number of hydrogen-bond donors (Lipinski definition) is 1. The molecule has 0 spiro atoms. The summed E-state index contributed by atoms with van der Waals surface area (Å²) in [5.41, 5.74) is 0.536. The Bertz CT molecular complexity index is 880. The van der Waals surface area contributed by atoms with E-state index in [9.17, 15) is 4.79 Å². The Morgan fingerprint density at radius 3 is 2.50 bits per heavy atom. The number of benzene rings is 1. The number of carbonyl (C=O) groups is 1. The van der Waals surface area contributed by atoms with Gasteiger partial charge >= 0.3 is 0 Å². The molecule has 0 radical (unpaired) electrons. The molecule has 9 nitrogen and oxygen atoms in total. The number of nitriles is 1. The smallest absolute Gasteiger partial charge is 0.289 e. The number of amides is 1. The Balaban J connectivity index is 1.76. The molecule has 3 rings (SSSR count). The summed E-state index contributed by atoms with van der Waals surface area (Å²) in [5, 5.41) is 11.8. The van der Waals surface area contributed by atoms with Gasteiger partial charge in [-0.05, 0) is 24.3 Å². The number of methoxy groups -OCH3 is 2. The average Bonchev–Trinajstić information content (AvgIpc) is 3.27. The number of furan rings is 1. The number of hydrogen-bond acceptors (Lipinski definition) is 6. The number of carbonyl (C=O) groups excluding carboxylic acids is 1. The molecule has 1 amide bonds. The highest BCUT2D eigenvalue weighted by Crippen LogP contribution is 2.36. The highest BCUT2D eigenvalue weighted by molar-refractivity contribution is 5.92. The lowest BCUT2D eigenvalue weighted by Crippen LogP contribution is -2.53. The van der Waals surface area contributed by atoms with Crippen molar-refractivity contribution in [2.24, 2.45) is 4.99 Å². The number of ether oxygens (including phenoxy) is 2. The first-order valence-electron chi connectivity index (χ1n) is 8.70. The summed E-state index contributed by atoms with van der Waals surface area (Å²) >= 11 is 0. The predicted molar refractivity (Wildman–Crippen MR) is 102 cm³/mol. The first-order chi connectivity index (χ1) is 13.7. The summed E-state index contributed by atoms with van der Waals surface area (Å²) in [4.78, 5) is 20.6. The number of aliphatic imine (C=N–C) groups is 1. The van der Waals surface area contributed by atoms with Gasteiger partial charge in [0, 0.05) is 26.2 Å². The largest absolute Gasteiger partial charge is 0.493 e. The molecule has 146 valence electrons. The standard InChI is InChI=1S/C19H21N5O4/c1-26-15-6-3-5-14(17(15)27-2)22-19(21-13-20)24-10-8-23(9-11-24)18(25)16-7-4-12-28-16/h3-7,12H,8-11H2,1-2H3,(H,21,22). The normalized spacial score (nSPS) is 14.4. The van der Waals surface area contributed by atoms with Crippen LogP contribution < -0.4 is 14.8 Å². The third-order valence-electron chi connectivity index (χ3n) is 4.37. The quantitative estimate of drug-likeness (QED) is 0.372. The summed E-state index contributed by atoms with van der Waals surface area (Å²) in [6.07, 6.45) is 3.40. The molecule has 1 aromatic carbocycles. The van der Waals surface area contributed by atoms with Gasteiger partial charge in [0.2, 0.25) is 5.96 Å². The summed E-state index contributed by atoms with van der Waals surface area (Å²) in [6.45, 7) is 2.01. The first-order valence-corrected chi connectivity index (χ1v) is 8.70. The van der Waals surface area contributed by atoms with Gasteiger partial charge in [0.1, 0.15) is 5.69 Å². The molecule has 0 saturated carbocycles. The van der Waals surface area contributed by atoms with E-state index in [0.29, 0.717) is 55.1 Å². The van der Waals surface area contributed by atoms with Gasteiger partial charge < -0.3 is 23.7 Å². The lowest BCUT2D eigenvalue weighted by Gasteiger charge is -2.35. The zero-order valence-electron chi connectivity index (χ0n) is 15.7. The maximum absolute atomic E-state index is 12.4. The molecule has 2 heterocycles. The molecule has 9 heteroatoms. The third-order valence-corrected chi connectivity index (χ3v) is 4.37. The number of piperazine rings is 1. The molecule has 1 aliphatic rings. The van der Waals surface area contributed by atoms with Gasteiger partial charge in [-0.1, -0.05) is 6.07 Å². The Morgan fingerprint density at radius 1 is 1.14 bits per heavy atom. The minimum absolute atomic E-state index is 0.147. The maximum Gasteiger partial charge on any atom is 0.289 e. The summed E-state index contributed by atoms with van der Waals surface area (Å²) < 4.78 is 15.9. The van der Waals surface area contributed by atoms with E-state index in [1.807, 2.05) is 11.1 Å². The second-order valence-electron chi connectivity index (χ2n) is 5.94. The lowest BCUT2D eigenvalue weighted by atomic mass is 10.2. The van der Waals surface area contributed by atoms with E-state index < -0.39 is 0 Å². The molecule has 28 heavy (non-hydrogen) atoms. The van der Waals surface area contributed by atoms with Crippen LogP contribution in [0.3, 0.4) is 0 Å². The molecule has 0 bridgehead atoms. The van der Waals surface area contributed by atoms with Crippen molar-refractivity contribution in [1.29, 1.82) is 5.26 Å². The predicted octanol–water partition coefficient (Wildman–Crippen LogP) is 1.81. The molecular formula is C19H21N5O4. The van der Waals surface area contributed by atoms with E-state index in [-0.39, 0.29) is 5.91 Å². The van der Waals surface area contributed by atoms with Crippen LogP contribution in [0.5, 0.6) is 11.5 Å². The molecule has 1 saturated heterocycles. The third kappa shape index (κ3) is 4.01. The topological polar surface area (TPSA) is 103 Å². The van der Waals surface area contributed by atoms with Crippen LogP contribution in [0, 0.1) is 11.5 Å². The van der Waals surface area contributed by atoms with Crippen molar-refractivity contribution >= 4 is 17.6 Å². The SMILES string of the molecule is COc1cccc(N=C(NC#N)N2CCN(C(=O)c3ccco3)CC2)c1OC. The molecule has 1 aliphatic heterocycles. The molecule has 0 aliphatic carbocycles. The maximum atomic E-state index is 12.4. The lowest BCUT2D eigenvalue weighted by molar-refractivity contribution is 0.0658. The monoisotopic (exact) mass is 383 g/mol. The molecule has 0 unspecified atom stereocenters. The molecule has 2 aromatic rings. The summed E-state index contributed by atoms with van der Waals surface area (Å²) in [7, 11) is 3.09. The fourth-order valence-corrected chi connectivity index (χ4v) is 2.98. The van der Waals surface area contributed by atoms with E-state index in [1.54, 1.807) is 42.3 Å². The second-order valence-corrected chi connectivity index (χ2v) is 5.94. The van der Waals surface area contributed by atoms with E-state index >= 15 is 0 Å². The highest BCUT2D eigenvalue weighted by atomic mass is 16.5. The van der Waals surface area contributed by atoms with Crippen LogP contribution in [0.25, 0.3) is 0 Å². The van der Waals surface area contributed by atoms with Crippen LogP contribution in [-0.4, -0.2) is 62.1 Å².